The molecular weight excluding hydrogens is 142 g/mol. The van der Waals surface area contributed by atoms with E-state index < -0.39 is 0 Å². The van der Waals surface area contributed by atoms with E-state index in [-0.39, 0.29) is 11.9 Å². The Balaban J connectivity index is 2.65. The van der Waals surface area contributed by atoms with Gasteiger partial charge in [-0.3, -0.25) is 10.2 Å². The molecule has 62 valence electrons. The number of hydrogen-bond acceptors (Lipinski definition) is 2. The molecule has 0 radical (unpaired) electrons. The number of piperazine rings is 1. The number of rotatable bonds is 0. The first-order valence-corrected chi connectivity index (χ1v) is 3.72. The monoisotopic (exact) mass is 155 g/mol. The van der Waals surface area contributed by atoms with Crippen LogP contribution < -0.4 is 5.32 Å². The van der Waals surface area contributed by atoms with Crippen molar-refractivity contribution in [3.63, 3.8) is 0 Å². The molecule has 1 unspecified atom stereocenters. The zero-order valence-electron chi connectivity index (χ0n) is 6.85. The summed E-state index contributed by atoms with van der Waals surface area (Å²) >= 11 is 0. The van der Waals surface area contributed by atoms with Crippen LogP contribution in [0, 0.1) is 5.41 Å². The molecule has 1 aliphatic heterocycles. The fraction of sp³-hybridized carbons (Fsp3) is 0.714. The molecule has 1 rings (SSSR count). The highest BCUT2D eigenvalue weighted by atomic mass is 16.2. The molecule has 1 heterocycles. The molecule has 1 amide bonds. The van der Waals surface area contributed by atoms with Gasteiger partial charge in [0.15, 0.2) is 0 Å². The Kier molecular flexibility index (Phi) is 2.12. The van der Waals surface area contributed by atoms with Crippen LogP contribution in [-0.4, -0.2) is 35.8 Å². The van der Waals surface area contributed by atoms with Crippen LogP contribution >= 0.6 is 0 Å². The Labute approximate surface area is 66.1 Å². The Bertz CT molecular complexity index is 190. The summed E-state index contributed by atoms with van der Waals surface area (Å²) in [6, 6.07) is -0.179. The first-order valence-electron chi connectivity index (χ1n) is 3.72. The van der Waals surface area contributed by atoms with E-state index in [2.05, 4.69) is 5.32 Å². The smallest absolute Gasteiger partial charge is 0.242 e. The fourth-order valence-corrected chi connectivity index (χ4v) is 1.24. The molecule has 4 nitrogen and oxygen atoms in total. The molecule has 0 bridgehead atoms. The van der Waals surface area contributed by atoms with E-state index in [1.54, 1.807) is 11.8 Å². The summed E-state index contributed by atoms with van der Waals surface area (Å²) in [4.78, 5) is 12.8. The fourth-order valence-electron chi connectivity index (χ4n) is 1.24. The standard InChI is InChI=1S/C7H13N3O/c1-5-7(11)9-3-4-10(5)6(2)8/h5,8H,3-4H2,1-2H3,(H,9,11). The minimum Gasteiger partial charge on any atom is -0.353 e. The SMILES string of the molecule is CC(=N)N1CCNC(=O)C1C. The van der Waals surface area contributed by atoms with Crippen LogP contribution in [0.1, 0.15) is 13.8 Å². The number of hydrogen-bond donors (Lipinski definition) is 2. The van der Waals surface area contributed by atoms with Crippen LogP contribution in [0.25, 0.3) is 0 Å². The van der Waals surface area contributed by atoms with Crippen molar-refractivity contribution in [2.45, 2.75) is 19.9 Å². The van der Waals surface area contributed by atoms with E-state index >= 15 is 0 Å². The second-order valence-electron chi connectivity index (χ2n) is 2.75. The van der Waals surface area contributed by atoms with Crippen LogP contribution in [0.5, 0.6) is 0 Å². The van der Waals surface area contributed by atoms with Gasteiger partial charge in [-0.15, -0.1) is 0 Å². The summed E-state index contributed by atoms with van der Waals surface area (Å²) in [6.45, 7) is 4.92. The molecule has 0 aromatic carbocycles. The first-order chi connectivity index (χ1) is 5.13. The van der Waals surface area contributed by atoms with Gasteiger partial charge in [-0.25, -0.2) is 0 Å². The van der Waals surface area contributed by atoms with Gasteiger partial charge < -0.3 is 10.2 Å². The lowest BCUT2D eigenvalue weighted by atomic mass is 10.2. The molecule has 11 heavy (non-hydrogen) atoms. The zero-order chi connectivity index (χ0) is 8.43. The van der Waals surface area contributed by atoms with Crippen molar-refractivity contribution in [3.05, 3.63) is 0 Å². The molecule has 4 heteroatoms. The molecule has 0 spiro atoms. The van der Waals surface area contributed by atoms with Crippen LogP contribution in [0.15, 0.2) is 0 Å². The van der Waals surface area contributed by atoms with Gasteiger partial charge in [0, 0.05) is 13.1 Å². The molecule has 1 saturated heterocycles. The maximum Gasteiger partial charge on any atom is 0.242 e. The summed E-state index contributed by atoms with van der Waals surface area (Å²) < 4.78 is 0. The van der Waals surface area contributed by atoms with Crippen LogP contribution in [0.3, 0.4) is 0 Å². The third-order valence-corrected chi connectivity index (χ3v) is 1.93. The summed E-state index contributed by atoms with van der Waals surface area (Å²) in [6.07, 6.45) is 0. The molecule has 0 saturated carbocycles. The Hall–Kier alpha value is -1.06. The molecule has 1 fully saturated rings. The minimum atomic E-state index is -0.179. The number of carbonyl (C=O) groups is 1. The van der Waals surface area contributed by atoms with E-state index in [9.17, 15) is 4.79 Å². The van der Waals surface area contributed by atoms with E-state index in [0.29, 0.717) is 12.4 Å². The number of nitrogens with zero attached hydrogens (tertiary/aromatic N) is 1. The largest absolute Gasteiger partial charge is 0.353 e. The Morgan fingerprint density at radius 1 is 1.82 bits per heavy atom. The lowest BCUT2D eigenvalue weighted by Crippen LogP contribution is -2.55. The highest BCUT2D eigenvalue weighted by Crippen LogP contribution is 2.03. The molecule has 2 N–H and O–H groups in total. The number of carbonyl (C=O) groups excluding carboxylic acids is 1. The van der Waals surface area contributed by atoms with Crippen molar-refractivity contribution in [3.8, 4) is 0 Å². The lowest BCUT2D eigenvalue weighted by Gasteiger charge is -2.33. The number of nitrogens with one attached hydrogen (secondary N) is 2. The number of amidine groups is 1. The van der Waals surface area contributed by atoms with Crippen molar-refractivity contribution < 1.29 is 4.79 Å². The van der Waals surface area contributed by atoms with E-state index in [1.807, 2.05) is 6.92 Å². The molecule has 0 aliphatic carbocycles. The van der Waals surface area contributed by atoms with Gasteiger partial charge in [0.1, 0.15) is 6.04 Å². The van der Waals surface area contributed by atoms with Crippen molar-refractivity contribution in [2.24, 2.45) is 0 Å². The first kappa shape index (κ1) is 8.04. The quantitative estimate of drug-likeness (QED) is 0.376. The van der Waals surface area contributed by atoms with Gasteiger partial charge in [0.05, 0.1) is 5.84 Å². The maximum atomic E-state index is 11.1. The second-order valence-corrected chi connectivity index (χ2v) is 2.75. The number of amides is 1. The Morgan fingerprint density at radius 3 is 2.91 bits per heavy atom. The predicted molar refractivity (Wildman–Crippen MR) is 42.6 cm³/mol. The average Bonchev–Trinajstić information content (AvgIpc) is 1.94. The molecule has 0 aromatic rings. The topological polar surface area (TPSA) is 56.2 Å². The van der Waals surface area contributed by atoms with Crippen LogP contribution in [-0.2, 0) is 4.79 Å². The lowest BCUT2D eigenvalue weighted by molar-refractivity contribution is -0.126. The van der Waals surface area contributed by atoms with Gasteiger partial charge in [-0.05, 0) is 13.8 Å². The zero-order valence-corrected chi connectivity index (χ0v) is 6.85. The highest BCUT2D eigenvalue weighted by molar-refractivity contribution is 5.88. The van der Waals surface area contributed by atoms with Crippen molar-refractivity contribution in [1.29, 1.82) is 5.41 Å². The molecule has 1 atom stereocenters. The third-order valence-electron chi connectivity index (χ3n) is 1.93. The second kappa shape index (κ2) is 2.90. The van der Waals surface area contributed by atoms with E-state index in [1.165, 1.54) is 0 Å². The van der Waals surface area contributed by atoms with E-state index in [0.717, 1.165) is 6.54 Å². The van der Waals surface area contributed by atoms with Gasteiger partial charge in [0.2, 0.25) is 5.91 Å². The molecule has 1 aliphatic rings. The van der Waals surface area contributed by atoms with Crippen LogP contribution in [0.2, 0.25) is 0 Å². The third kappa shape index (κ3) is 1.50. The summed E-state index contributed by atoms with van der Waals surface area (Å²) in [5.74, 6) is 0.482. The summed E-state index contributed by atoms with van der Waals surface area (Å²) in [5.41, 5.74) is 0. The molecular formula is C7H13N3O. The Morgan fingerprint density at radius 2 is 2.45 bits per heavy atom. The molecule has 0 aromatic heterocycles. The van der Waals surface area contributed by atoms with Crippen molar-refractivity contribution in [2.75, 3.05) is 13.1 Å². The summed E-state index contributed by atoms with van der Waals surface area (Å²) in [5, 5.41) is 10.1. The minimum absolute atomic E-state index is 0.0165. The maximum absolute atomic E-state index is 11.1. The highest BCUT2D eigenvalue weighted by Gasteiger charge is 2.24. The van der Waals surface area contributed by atoms with Gasteiger partial charge in [-0.1, -0.05) is 0 Å². The average molecular weight is 155 g/mol. The van der Waals surface area contributed by atoms with Gasteiger partial charge in [0.25, 0.3) is 0 Å². The summed E-state index contributed by atoms with van der Waals surface area (Å²) in [7, 11) is 0. The normalized spacial score (nSPS) is 24.7. The van der Waals surface area contributed by atoms with E-state index in [4.69, 9.17) is 5.41 Å². The van der Waals surface area contributed by atoms with Crippen molar-refractivity contribution >= 4 is 11.7 Å². The van der Waals surface area contributed by atoms with Crippen LogP contribution in [0.4, 0.5) is 0 Å². The predicted octanol–water partition coefficient (Wildman–Crippen LogP) is -0.196. The van der Waals surface area contributed by atoms with Crippen molar-refractivity contribution in [1.82, 2.24) is 10.2 Å². The van der Waals surface area contributed by atoms with Gasteiger partial charge in [-0.2, -0.15) is 0 Å². The van der Waals surface area contributed by atoms with Gasteiger partial charge >= 0.3 is 0 Å².